The van der Waals surface area contributed by atoms with Crippen molar-refractivity contribution in [1.29, 1.82) is 0 Å². The van der Waals surface area contributed by atoms with Crippen LogP contribution in [0.1, 0.15) is 76.7 Å². The SMILES string of the molecule is CCCCCCCCc1ccc(-c2ccc(OCCCCCCOC)cn2)cc1. The Kier molecular flexibility index (Phi) is 12.1. The van der Waals surface area contributed by atoms with Gasteiger partial charge in [0, 0.05) is 19.3 Å². The maximum Gasteiger partial charge on any atom is 0.137 e. The molecule has 0 unspecified atom stereocenters. The number of rotatable bonds is 16. The second-order valence-corrected chi connectivity index (χ2v) is 7.85. The molecule has 3 heteroatoms. The highest BCUT2D eigenvalue weighted by atomic mass is 16.5. The Hall–Kier alpha value is -1.87. The Balaban J connectivity index is 1.68. The quantitative estimate of drug-likeness (QED) is 0.280. The number of ether oxygens (including phenoxy) is 2. The molecule has 0 N–H and O–H groups in total. The second kappa shape index (κ2) is 15.0. The maximum absolute atomic E-state index is 5.81. The van der Waals surface area contributed by atoms with Crippen LogP contribution in [-0.4, -0.2) is 25.3 Å². The molecule has 1 aromatic heterocycles. The fraction of sp³-hybridized carbons (Fsp3) is 0.577. The minimum atomic E-state index is 0.751. The number of aryl methyl sites for hydroxylation is 1. The molecule has 0 atom stereocenters. The van der Waals surface area contributed by atoms with Gasteiger partial charge in [-0.2, -0.15) is 0 Å². The molecule has 0 radical (unpaired) electrons. The lowest BCUT2D eigenvalue weighted by atomic mass is 10.0. The van der Waals surface area contributed by atoms with Gasteiger partial charge in [0.2, 0.25) is 0 Å². The highest BCUT2D eigenvalue weighted by molar-refractivity contribution is 5.59. The van der Waals surface area contributed by atoms with E-state index in [-0.39, 0.29) is 0 Å². The van der Waals surface area contributed by atoms with Crippen molar-refractivity contribution < 1.29 is 9.47 Å². The van der Waals surface area contributed by atoms with Crippen LogP contribution in [0.2, 0.25) is 0 Å². The van der Waals surface area contributed by atoms with Crippen molar-refractivity contribution in [2.75, 3.05) is 20.3 Å². The summed E-state index contributed by atoms with van der Waals surface area (Å²) in [6.45, 7) is 3.87. The van der Waals surface area contributed by atoms with Crippen LogP contribution in [0.4, 0.5) is 0 Å². The third-order valence-corrected chi connectivity index (χ3v) is 5.32. The fourth-order valence-corrected chi connectivity index (χ4v) is 3.48. The van der Waals surface area contributed by atoms with Gasteiger partial charge in [-0.3, -0.25) is 4.98 Å². The van der Waals surface area contributed by atoms with Gasteiger partial charge >= 0.3 is 0 Å². The monoisotopic (exact) mass is 397 g/mol. The van der Waals surface area contributed by atoms with E-state index in [1.807, 2.05) is 12.3 Å². The Bertz CT molecular complexity index is 637. The van der Waals surface area contributed by atoms with E-state index >= 15 is 0 Å². The zero-order chi connectivity index (χ0) is 20.6. The number of hydrogen-bond acceptors (Lipinski definition) is 3. The summed E-state index contributed by atoms with van der Waals surface area (Å²) >= 11 is 0. The number of pyridine rings is 1. The first-order valence-electron chi connectivity index (χ1n) is 11.5. The molecule has 0 aliphatic carbocycles. The van der Waals surface area contributed by atoms with Gasteiger partial charge in [0.05, 0.1) is 18.5 Å². The Morgan fingerprint density at radius 1 is 0.724 bits per heavy atom. The summed E-state index contributed by atoms with van der Waals surface area (Å²) in [5.41, 5.74) is 3.60. The summed E-state index contributed by atoms with van der Waals surface area (Å²) in [6.07, 6.45) is 15.7. The Morgan fingerprint density at radius 2 is 1.41 bits per heavy atom. The normalized spacial score (nSPS) is 11.0. The third-order valence-electron chi connectivity index (χ3n) is 5.32. The molecule has 3 nitrogen and oxygen atoms in total. The van der Waals surface area contributed by atoms with E-state index in [1.54, 1.807) is 7.11 Å². The van der Waals surface area contributed by atoms with Gasteiger partial charge in [0.25, 0.3) is 0 Å². The van der Waals surface area contributed by atoms with Crippen LogP contribution in [0, 0.1) is 0 Å². The first-order valence-corrected chi connectivity index (χ1v) is 11.5. The van der Waals surface area contributed by atoms with Crippen LogP contribution in [-0.2, 0) is 11.2 Å². The molecule has 1 aromatic carbocycles. The molecule has 0 saturated heterocycles. The molecule has 0 saturated carbocycles. The number of hydrogen-bond donors (Lipinski definition) is 0. The minimum Gasteiger partial charge on any atom is -0.492 e. The first-order chi connectivity index (χ1) is 14.3. The van der Waals surface area contributed by atoms with E-state index in [9.17, 15) is 0 Å². The summed E-state index contributed by atoms with van der Waals surface area (Å²) in [6, 6.07) is 13.0. The van der Waals surface area contributed by atoms with Crippen LogP contribution in [0.3, 0.4) is 0 Å². The minimum absolute atomic E-state index is 0.751. The molecule has 0 spiro atoms. The van der Waals surface area contributed by atoms with Crippen molar-refractivity contribution in [2.24, 2.45) is 0 Å². The molecule has 0 fully saturated rings. The number of unbranched alkanes of at least 4 members (excludes halogenated alkanes) is 8. The smallest absolute Gasteiger partial charge is 0.137 e. The number of nitrogens with zero attached hydrogens (tertiary/aromatic N) is 1. The van der Waals surface area contributed by atoms with Gasteiger partial charge in [-0.1, -0.05) is 69.7 Å². The average molecular weight is 398 g/mol. The topological polar surface area (TPSA) is 31.4 Å². The summed E-state index contributed by atoms with van der Waals surface area (Å²) in [4.78, 5) is 4.58. The highest BCUT2D eigenvalue weighted by Gasteiger charge is 2.02. The van der Waals surface area contributed by atoms with Gasteiger partial charge in [-0.25, -0.2) is 0 Å². The van der Waals surface area contributed by atoms with Crippen LogP contribution >= 0.6 is 0 Å². The van der Waals surface area contributed by atoms with E-state index in [0.717, 1.165) is 37.5 Å². The Labute approximate surface area is 177 Å². The van der Waals surface area contributed by atoms with E-state index in [2.05, 4.69) is 42.2 Å². The van der Waals surface area contributed by atoms with Crippen molar-refractivity contribution in [2.45, 2.75) is 77.6 Å². The molecule has 1 heterocycles. The predicted octanol–water partition coefficient (Wildman–Crippen LogP) is 7.24. The molecule has 0 aliphatic rings. The van der Waals surface area contributed by atoms with E-state index in [4.69, 9.17) is 9.47 Å². The lowest BCUT2D eigenvalue weighted by Gasteiger charge is -2.08. The number of methoxy groups -OCH3 is 1. The molecule has 2 aromatic rings. The van der Waals surface area contributed by atoms with Gasteiger partial charge in [-0.15, -0.1) is 0 Å². The zero-order valence-corrected chi connectivity index (χ0v) is 18.5. The number of benzene rings is 1. The molecule has 2 rings (SSSR count). The lowest BCUT2D eigenvalue weighted by molar-refractivity contribution is 0.191. The van der Waals surface area contributed by atoms with Crippen molar-refractivity contribution in [3.63, 3.8) is 0 Å². The first kappa shape index (κ1) is 23.4. The fourth-order valence-electron chi connectivity index (χ4n) is 3.48. The standard InChI is InChI=1S/C26H39NO2/c1-3-4-5-6-7-10-13-23-14-16-24(17-15-23)26-19-18-25(22-27-26)29-21-12-9-8-11-20-28-2/h14-19,22H,3-13,20-21H2,1-2H3. The molecular formula is C26H39NO2. The third kappa shape index (κ3) is 9.94. The van der Waals surface area contributed by atoms with E-state index in [0.29, 0.717) is 0 Å². The summed E-state index contributed by atoms with van der Waals surface area (Å²) in [5, 5.41) is 0. The van der Waals surface area contributed by atoms with Crippen molar-refractivity contribution >= 4 is 0 Å². The van der Waals surface area contributed by atoms with Gasteiger partial charge in [0.1, 0.15) is 5.75 Å². The summed E-state index contributed by atoms with van der Waals surface area (Å²) in [7, 11) is 1.75. The lowest BCUT2D eigenvalue weighted by Crippen LogP contribution is -1.98. The van der Waals surface area contributed by atoms with Gasteiger partial charge in [-0.05, 0) is 49.8 Å². The molecule has 0 bridgehead atoms. The molecule has 160 valence electrons. The highest BCUT2D eigenvalue weighted by Crippen LogP contribution is 2.21. The van der Waals surface area contributed by atoms with Crippen LogP contribution in [0.25, 0.3) is 11.3 Å². The maximum atomic E-state index is 5.81. The molecular weight excluding hydrogens is 358 g/mol. The molecule has 0 amide bonds. The number of aromatic nitrogens is 1. The second-order valence-electron chi connectivity index (χ2n) is 7.85. The average Bonchev–Trinajstić information content (AvgIpc) is 2.76. The zero-order valence-electron chi connectivity index (χ0n) is 18.5. The molecule has 29 heavy (non-hydrogen) atoms. The van der Waals surface area contributed by atoms with Crippen LogP contribution in [0.5, 0.6) is 5.75 Å². The van der Waals surface area contributed by atoms with Gasteiger partial charge in [0.15, 0.2) is 0 Å². The van der Waals surface area contributed by atoms with Crippen LogP contribution in [0.15, 0.2) is 42.6 Å². The summed E-state index contributed by atoms with van der Waals surface area (Å²) in [5.74, 6) is 0.852. The van der Waals surface area contributed by atoms with Crippen molar-refractivity contribution in [3.05, 3.63) is 48.2 Å². The van der Waals surface area contributed by atoms with Gasteiger partial charge < -0.3 is 9.47 Å². The van der Waals surface area contributed by atoms with Crippen LogP contribution < -0.4 is 4.74 Å². The van der Waals surface area contributed by atoms with E-state index in [1.165, 1.54) is 68.9 Å². The molecule has 0 aliphatic heterocycles. The largest absolute Gasteiger partial charge is 0.492 e. The predicted molar refractivity (Wildman–Crippen MR) is 123 cm³/mol. The van der Waals surface area contributed by atoms with Crippen molar-refractivity contribution in [3.8, 4) is 17.0 Å². The Morgan fingerprint density at radius 3 is 2.10 bits per heavy atom. The van der Waals surface area contributed by atoms with E-state index < -0.39 is 0 Å². The summed E-state index contributed by atoms with van der Waals surface area (Å²) < 4.78 is 10.9. The van der Waals surface area contributed by atoms with Crippen molar-refractivity contribution in [1.82, 2.24) is 4.98 Å².